The number of carbonyl (C=O) groups is 1. The van der Waals surface area contributed by atoms with E-state index in [4.69, 9.17) is 11.6 Å². The summed E-state index contributed by atoms with van der Waals surface area (Å²) in [4.78, 5) is 16.9. The number of carbonyl (C=O) groups excluding carboxylic acids is 1. The highest BCUT2D eigenvalue weighted by Crippen LogP contribution is 2.29. The highest BCUT2D eigenvalue weighted by molar-refractivity contribution is 7.89. The van der Waals surface area contributed by atoms with Gasteiger partial charge >= 0.3 is 0 Å². The van der Waals surface area contributed by atoms with Crippen LogP contribution >= 0.6 is 11.6 Å². The number of benzene rings is 2. The molecule has 1 aromatic heterocycles. The zero-order valence-corrected chi connectivity index (χ0v) is 16.8. The molecule has 0 saturated heterocycles. The van der Waals surface area contributed by atoms with Crippen molar-refractivity contribution in [1.82, 2.24) is 9.29 Å². The predicted molar refractivity (Wildman–Crippen MR) is 110 cm³/mol. The molecular formula is C20H18ClN3O3S. The fourth-order valence-electron chi connectivity index (χ4n) is 2.51. The number of aromatic nitrogens is 1. The Balaban J connectivity index is 1.82. The summed E-state index contributed by atoms with van der Waals surface area (Å²) in [5, 5.41) is 3.31. The van der Waals surface area contributed by atoms with E-state index in [1.54, 1.807) is 24.4 Å². The maximum atomic E-state index is 12.5. The van der Waals surface area contributed by atoms with Crippen LogP contribution in [0.25, 0.3) is 11.3 Å². The second-order valence-electron chi connectivity index (χ2n) is 6.18. The molecular weight excluding hydrogens is 398 g/mol. The van der Waals surface area contributed by atoms with Gasteiger partial charge < -0.3 is 5.32 Å². The van der Waals surface area contributed by atoms with E-state index in [9.17, 15) is 13.2 Å². The highest BCUT2D eigenvalue weighted by Gasteiger charge is 2.17. The summed E-state index contributed by atoms with van der Waals surface area (Å²) >= 11 is 6.26. The molecule has 1 amide bonds. The van der Waals surface area contributed by atoms with Crippen LogP contribution in [0.5, 0.6) is 0 Å². The Morgan fingerprint density at radius 1 is 1.04 bits per heavy atom. The Bertz CT molecular complexity index is 1100. The molecule has 0 atom stereocenters. The van der Waals surface area contributed by atoms with Gasteiger partial charge in [-0.15, -0.1) is 0 Å². The topological polar surface area (TPSA) is 79.4 Å². The second-order valence-corrected chi connectivity index (χ2v) is 8.73. The summed E-state index contributed by atoms with van der Waals surface area (Å²) in [7, 11) is -0.631. The molecule has 1 heterocycles. The number of nitrogens with zero attached hydrogens (tertiary/aromatic N) is 2. The van der Waals surface area contributed by atoms with Crippen molar-refractivity contribution < 1.29 is 13.2 Å². The van der Waals surface area contributed by atoms with Crippen molar-refractivity contribution in [3.05, 3.63) is 77.4 Å². The van der Waals surface area contributed by atoms with Crippen LogP contribution in [0, 0.1) is 0 Å². The number of rotatable bonds is 5. The molecule has 28 heavy (non-hydrogen) atoms. The number of hydrogen-bond acceptors (Lipinski definition) is 4. The van der Waals surface area contributed by atoms with E-state index in [1.165, 1.54) is 38.4 Å². The Labute approximate surface area is 168 Å². The summed E-state index contributed by atoms with van der Waals surface area (Å²) in [6, 6.07) is 16.4. The summed E-state index contributed by atoms with van der Waals surface area (Å²) in [6.07, 6.45) is 1.67. The van der Waals surface area contributed by atoms with Crippen molar-refractivity contribution in [2.75, 3.05) is 19.4 Å². The number of anilines is 1. The van der Waals surface area contributed by atoms with Crippen LogP contribution in [0.4, 0.5) is 5.69 Å². The predicted octanol–water partition coefficient (Wildman–Crippen LogP) is 3.90. The Hall–Kier alpha value is -2.74. The van der Waals surface area contributed by atoms with Gasteiger partial charge in [-0.3, -0.25) is 9.78 Å². The molecule has 0 spiro atoms. The van der Waals surface area contributed by atoms with Gasteiger partial charge in [0.05, 0.1) is 15.6 Å². The average molecular weight is 416 g/mol. The molecule has 2 aromatic carbocycles. The molecule has 144 valence electrons. The average Bonchev–Trinajstić information content (AvgIpc) is 2.70. The van der Waals surface area contributed by atoms with Crippen LogP contribution in [0.2, 0.25) is 5.02 Å². The first-order valence-corrected chi connectivity index (χ1v) is 10.2. The van der Waals surface area contributed by atoms with E-state index < -0.39 is 10.0 Å². The maximum absolute atomic E-state index is 12.5. The normalized spacial score (nSPS) is 11.4. The maximum Gasteiger partial charge on any atom is 0.255 e. The molecule has 0 aliphatic carbocycles. The van der Waals surface area contributed by atoms with Crippen LogP contribution in [0.15, 0.2) is 71.8 Å². The zero-order chi connectivity index (χ0) is 20.3. The minimum absolute atomic E-state index is 0.123. The quantitative estimate of drug-likeness (QED) is 0.685. The Morgan fingerprint density at radius 2 is 1.75 bits per heavy atom. The lowest BCUT2D eigenvalue weighted by molar-refractivity contribution is 0.102. The van der Waals surface area contributed by atoms with Gasteiger partial charge in [0.25, 0.3) is 5.91 Å². The lowest BCUT2D eigenvalue weighted by atomic mass is 10.1. The third kappa shape index (κ3) is 4.22. The van der Waals surface area contributed by atoms with Crippen molar-refractivity contribution in [3.63, 3.8) is 0 Å². The third-order valence-electron chi connectivity index (χ3n) is 4.06. The number of sulfonamides is 1. The van der Waals surface area contributed by atoms with E-state index in [0.29, 0.717) is 27.5 Å². The second kappa shape index (κ2) is 8.10. The molecule has 8 heteroatoms. The molecule has 0 aliphatic heterocycles. The Morgan fingerprint density at radius 3 is 2.36 bits per heavy atom. The van der Waals surface area contributed by atoms with Gasteiger partial charge in [-0.05, 0) is 54.6 Å². The van der Waals surface area contributed by atoms with Gasteiger partial charge in [0, 0.05) is 37.1 Å². The molecule has 0 unspecified atom stereocenters. The monoisotopic (exact) mass is 415 g/mol. The van der Waals surface area contributed by atoms with Crippen molar-refractivity contribution in [2.45, 2.75) is 4.90 Å². The molecule has 0 bridgehead atoms. The first-order valence-electron chi connectivity index (χ1n) is 8.34. The molecule has 0 aliphatic rings. The highest BCUT2D eigenvalue weighted by atomic mass is 35.5. The zero-order valence-electron chi connectivity index (χ0n) is 15.3. The smallest absolute Gasteiger partial charge is 0.255 e. The van der Waals surface area contributed by atoms with Crippen molar-refractivity contribution >= 4 is 33.2 Å². The first kappa shape index (κ1) is 20.0. The largest absolute Gasteiger partial charge is 0.322 e. The van der Waals surface area contributed by atoms with Gasteiger partial charge in [-0.25, -0.2) is 12.7 Å². The Kier molecular flexibility index (Phi) is 5.79. The lowest BCUT2D eigenvalue weighted by Gasteiger charge is -2.12. The van der Waals surface area contributed by atoms with Gasteiger partial charge in [0.2, 0.25) is 10.0 Å². The molecule has 0 radical (unpaired) electrons. The van der Waals surface area contributed by atoms with Gasteiger partial charge in [0.1, 0.15) is 0 Å². The summed E-state index contributed by atoms with van der Waals surface area (Å²) in [6.45, 7) is 0. The van der Waals surface area contributed by atoms with Crippen LogP contribution in [0.3, 0.4) is 0 Å². The number of pyridine rings is 1. The molecule has 1 N–H and O–H groups in total. The van der Waals surface area contributed by atoms with Gasteiger partial charge in [-0.1, -0.05) is 17.7 Å². The molecule has 0 fully saturated rings. The van der Waals surface area contributed by atoms with E-state index >= 15 is 0 Å². The van der Waals surface area contributed by atoms with E-state index in [1.807, 2.05) is 18.2 Å². The van der Waals surface area contributed by atoms with E-state index in [-0.39, 0.29) is 10.8 Å². The summed E-state index contributed by atoms with van der Waals surface area (Å²) < 4.78 is 25.4. The van der Waals surface area contributed by atoms with Crippen molar-refractivity contribution in [1.29, 1.82) is 0 Å². The van der Waals surface area contributed by atoms with Gasteiger partial charge in [-0.2, -0.15) is 0 Å². The van der Waals surface area contributed by atoms with Crippen LogP contribution < -0.4 is 5.32 Å². The van der Waals surface area contributed by atoms with Crippen LogP contribution in [0.1, 0.15) is 10.4 Å². The van der Waals surface area contributed by atoms with Gasteiger partial charge in [0.15, 0.2) is 0 Å². The number of halogens is 1. The number of hydrogen-bond donors (Lipinski definition) is 1. The molecule has 6 nitrogen and oxygen atoms in total. The fraction of sp³-hybridized carbons (Fsp3) is 0.100. The van der Waals surface area contributed by atoms with Crippen molar-refractivity contribution in [3.8, 4) is 11.3 Å². The van der Waals surface area contributed by atoms with Crippen LogP contribution in [-0.4, -0.2) is 37.7 Å². The molecule has 0 saturated carbocycles. The third-order valence-corrected chi connectivity index (χ3v) is 6.22. The number of nitrogens with one attached hydrogen (secondary N) is 1. The standard InChI is InChI=1S/C20H18ClN3O3S/c1-24(2)28(26,27)16-9-6-14(7-10-16)20(25)23-15-8-11-18(21)17(13-15)19-5-3-4-12-22-19/h3-13H,1-2H3,(H,23,25). The SMILES string of the molecule is CN(C)S(=O)(=O)c1ccc(C(=O)Nc2ccc(Cl)c(-c3ccccn3)c2)cc1. The van der Waals surface area contributed by atoms with E-state index in [0.717, 1.165) is 4.31 Å². The summed E-state index contributed by atoms with van der Waals surface area (Å²) in [5.41, 5.74) is 2.29. The summed E-state index contributed by atoms with van der Waals surface area (Å²) in [5.74, 6) is -0.358. The minimum atomic E-state index is -3.54. The lowest BCUT2D eigenvalue weighted by Crippen LogP contribution is -2.22. The molecule has 3 rings (SSSR count). The fourth-order valence-corrected chi connectivity index (χ4v) is 3.63. The van der Waals surface area contributed by atoms with E-state index in [2.05, 4.69) is 10.3 Å². The first-order chi connectivity index (χ1) is 13.3. The number of amides is 1. The van der Waals surface area contributed by atoms with Crippen LogP contribution in [-0.2, 0) is 10.0 Å². The minimum Gasteiger partial charge on any atom is -0.322 e. The molecule has 3 aromatic rings. The van der Waals surface area contributed by atoms with Crippen molar-refractivity contribution in [2.24, 2.45) is 0 Å².